The van der Waals surface area contributed by atoms with E-state index < -0.39 is 0 Å². The summed E-state index contributed by atoms with van der Waals surface area (Å²) in [6.07, 6.45) is 3.92. The van der Waals surface area contributed by atoms with Crippen LogP contribution in [0.25, 0.3) is 0 Å². The van der Waals surface area contributed by atoms with Gasteiger partial charge in [0.05, 0.1) is 7.11 Å². The van der Waals surface area contributed by atoms with Gasteiger partial charge in [-0.15, -0.1) is 0 Å². The number of anilines is 1. The molecule has 3 aromatic rings. The van der Waals surface area contributed by atoms with Gasteiger partial charge in [-0.2, -0.15) is 4.98 Å². The first-order chi connectivity index (χ1) is 13.7. The number of nitrogens with zero attached hydrogens (tertiary/aromatic N) is 3. The normalized spacial score (nSPS) is 10.2. The number of amidine groups is 1. The van der Waals surface area contributed by atoms with Crippen LogP contribution >= 0.6 is 0 Å². The number of aromatic nitrogens is 3. The van der Waals surface area contributed by atoms with Gasteiger partial charge in [0.25, 0.3) is 0 Å². The summed E-state index contributed by atoms with van der Waals surface area (Å²) < 4.78 is 10.8. The van der Waals surface area contributed by atoms with E-state index in [0.717, 1.165) is 12.0 Å². The summed E-state index contributed by atoms with van der Waals surface area (Å²) in [5.41, 5.74) is 1.62. The van der Waals surface area contributed by atoms with Gasteiger partial charge >= 0.3 is 0 Å². The van der Waals surface area contributed by atoms with Crippen LogP contribution in [0.4, 0.5) is 5.82 Å². The average molecular weight is 378 g/mol. The van der Waals surface area contributed by atoms with Crippen LogP contribution in [-0.4, -0.2) is 41.5 Å². The standard InChI is InChI=1S/C20H22N6O2/c1-22-20-18(23-12-13-25-20)19(21)24-11-10-14-6-8-15(9-7-14)28-17-5-3-4-16(26-17)27-2/h3-9,12-13H,10-11H2,1-2H3,(H2,21,24)(H,22,25). The third-order valence-corrected chi connectivity index (χ3v) is 3.94. The fourth-order valence-electron chi connectivity index (χ4n) is 2.53. The minimum atomic E-state index is 0.238. The number of hydrogen-bond acceptors (Lipinski definition) is 7. The van der Waals surface area contributed by atoms with Crippen molar-refractivity contribution in [1.29, 1.82) is 5.41 Å². The molecule has 0 amide bonds. The van der Waals surface area contributed by atoms with E-state index in [2.05, 4.69) is 25.6 Å². The van der Waals surface area contributed by atoms with E-state index in [1.165, 1.54) is 0 Å². The van der Waals surface area contributed by atoms with Crippen LogP contribution in [0.1, 0.15) is 11.3 Å². The summed E-state index contributed by atoms with van der Waals surface area (Å²) >= 11 is 0. The number of pyridine rings is 1. The van der Waals surface area contributed by atoms with Crippen molar-refractivity contribution >= 4 is 11.7 Å². The third kappa shape index (κ3) is 4.94. The number of nitrogens with one attached hydrogen (secondary N) is 3. The molecule has 2 aromatic heterocycles. The molecule has 28 heavy (non-hydrogen) atoms. The predicted octanol–water partition coefficient (Wildman–Crippen LogP) is 2.87. The van der Waals surface area contributed by atoms with Crippen molar-refractivity contribution in [2.24, 2.45) is 0 Å². The summed E-state index contributed by atoms with van der Waals surface area (Å²) in [5, 5.41) is 14.2. The van der Waals surface area contributed by atoms with Crippen molar-refractivity contribution < 1.29 is 9.47 Å². The van der Waals surface area contributed by atoms with Gasteiger partial charge in [0.15, 0.2) is 5.82 Å². The van der Waals surface area contributed by atoms with E-state index in [-0.39, 0.29) is 5.84 Å². The van der Waals surface area contributed by atoms with Crippen molar-refractivity contribution in [1.82, 2.24) is 20.3 Å². The lowest BCUT2D eigenvalue weighted by Crippen LogP contribution is -2.27. The molecule has 0 bridgehead atoms. The Balaban J connectivity index is 1.52. The molecule has 8 heteroatoms. The van der Waals surface area contributed by atoms with E-state index in [4.69, 9.17) is 14.9 Å². The third-order valence-electron chi connectivity index (χ3n) is 3.94. The van der Waals surface area contributed by atoms with Gasteiger partial charge in [-0.1, -0.05) is 18.2 Å². The second-order valence-corrected chi connectivity index (χ2v) is 5.82. The number of benzene rings is 1. The minimum Gasteiger partial charge on any atom is -0.481 e. The topological polar surface area (TPSA) is 105 Å². The molecule has 3 rings (SSSR count). The zero-order valence-corrected chi connectivity index (χ0v) is 15.8. The smallest absolute Gasteiger partial charge is 0.222 e. The molecule has 1 aromatic carbocycles. The molecule has 3 N–H and O–H groups in total. The van der Waals surface area contributed by atoms with Crippen LogP contribution in [0.2, 0.25) is 0 Å². The largest absolute Gasteiger partial charge is 0.481 e. The lowest BCUT2D eigenvalue weighted by atomic mass is 10.1. The van der Waals surface area contributed by atoms with Gasteiger partial charge in [-0.25, -0.2) is 9.97 Å². The van der Waals surface area contributed by atoms with Crippen molar-refractivity contribution in [3.05, 3.63) is 66.1 Å². The Hall–Kier alpha value is -3.68. The number of ether oxygens (including phenoxy) is 2. The molecule has 0 saturated carbocycles. The van der Waals surface area contributed by atoms with Crippen LogP contribution in [0.5, 0.6) is 17.5 Å². The first-order valence-electron chi connectivity index (χ1n) is 8.79. The van der Waals surface area contributed by atoms with E-state index in [1.807, 2.05) is 30.3 Å². The summed E-state index contributed by atoms with van der Waals surface area (Å²) in [6.45, 7) is 0.607. The molecule has 0 unspecified atom stereocenters. The second-order valence-electron chi connectivity index (χ2n) is 5.82. The van der Waals surface area contributed by atoms with Gasteiger partial charge in [0.1, 0.15) is 17.3 Å². The predicted molar refractivity (Wildman–Crippen MR) is 107 cm³/mol. The molecule has 0 fully saturated rings. The Bertz CT molecular complexity index is 930. The highest BCUT2D eigenvalue weighted by molar-refractivity contribution is 5.98. The maximum atomic E-state index is 8.14. The molecule has 0 aliphatic carbocycles. The van der Waals surface area contributed by atoms with Crippen LogP contribution in [-0.2, 0) is 6.42 Å². The molecule has 0 aliphatic rings. The Labute approximate surface area is 163 Å². The van der Waals surface area contributed by atoms with E-state index in [9.17, 15) is 0 Å². The molecule has 0 radical (unpaired) electrons. The molecular weight excluding hydrogens is 356 g/mol. The summed E-state index contributed by atoms with van der Waals surface area (Å²) in [5.74, 6) is 2.50. The fourth-order valence-corrected chi connectivity index (χ4v) is 2.53. The van der Waals surface area contributed by atoms with E-state index in [0.29, 0.717) is 35.6 Å². The molecule has 0 spiro atoms. The monoisotopic (exact) mass is 378 g/mol. The second kappa shape index (κ2) is 9.31. The molecule has 0 saturated heterocycles. The summed E-state index contributed by atoms with van der Waals surface area (Å²) in [6, 6.07) is 13.1. The Morgan fingerprint density at radius 2 is 1.79 bits per heavy atom. The molecule has 8 nitrogen and oxygen atoms in total. The van der Waals surface area contributed by atoms with Crippen molar-refractivity contribution in [2.75, 3.05) is 26.0 Å². The molecule has 144 valence electrons. The van der Waals surface area contributed by atoms with Crippen molar-refractivity contribution in [2.45, 2.75) is 6.42 Å². The Kier molecular flexibility index (Phi) is 6.35. The highest BCUT2D eigenvalue weighted by atomic mass is 16.5. The lowest BCUT2D eigenvalue weighted by molar-refractivity contribution is 0.383. The molecule has 0 aliphatic heterocycles. The van der Waals surface area contributed by atoms with Gasteiger partial charge in [0.2, 0.25) is 11.8 Å². The van der Waals surface area contributed by atoms with Crippen LogP contribution in [0.3, 0.4) is 0 Å². The van der Waals surface area contributed by atoms with Crippen LogP contribution in [0.15, 0.2) is 54.9 Å². The molecule has 0 atom stereocenters. The fraction of sp³-hybridized carbons (Fsp3) is 0.200. The van der Waals surface area contributed by atoms with Crippen LogP contribution < -0.4 is 20.1 Å². The quantitative estimate of drug-likeness (QED) is 0.409. The zero-order chi connectivity index (χ0) is 19.8. The maximum absolute atomic E-state index is 8.14. The number of hydrogen-bond donors (Lipinski definition) is 3. The van der Waals surface area contributed by atoms with Crippen molar-refractivity contribution in [3.8, 4) is 17.5 Å². The lowest BCUT2D eigenvalue weighted by Gasteiger charge is -2.10. The van der Waals surface area contributed by atoms with Gasteiger partial charge in [-0.05, 0) is 24.1 Å². The molecular formula is C20H22N6O2. The zero-order valence-electron chi connectivity index (χ0n) is 15.8. The van der Waals surface area contributed by atoms with Crippen LogP contribution in [0, 0.1) is 5.41 Å². The SMILES string of the molecule is CNc1nccnc1C(=N)NCCc1ccc(Oc2cccc(OC)n2)cc1. The molecule has 2 heterocycles. The Morgan fingerprint density at radius 1 is 1.04 bits per heavy atom. The van der Waals surface area contributed by atoms with Crippen molar-refractivity contribution in [3.63, 3.8) is 0 Å². The average Bonchev–Trinajstić information content (AvgIpc) is 2.75. The van der Waals surface area contributed by atoms with E-state index in [1.54, 1.807) is 38.7 Å². The first kappa shape index (κ1) is 19.1. The highest BCUT2D eigenvalue weighted by Gasteiger charge is 2.09. The van der Waals surface area contributed by atoms with Gasteiger partial charge in [0, 0.05) is 38.1 Å². The Morgan fingerprint density at radius 3 is 2.54 bits per heavy atom. The van der Waals surface area contributed by atoms with E-state index >= 15 is 0 Å². The minimum absolute atomic E-state index is 0.238. The maximum Gasteiger partial charge on any atom is 0.222 e. The number of rotatable bonds is 8. The van der Waals surface area contributed by atoms with Gasteiger partial charge in [-0.3, -0.25) is 5.41 Å². The summed E-state index contributed by atoms with van der Waals surface area (Å²) in [4.78, 5) is 12.6. The first-order valence-corrected chi connectivity index (χ1v) is 8.79. The van der Waals surface area contributed by atoms with Gasteiger partial charge < -0.3 is 20.1 Å². The number of methoxy groups -OCH3 is 1. The summed E-state index contributed by atoms with van der Waals surface area (Å²) in [7, 11) is 3.32. The highest BCUT2D eigenvalue weighted by Crippen LogP contribution is 2.21.